The maximum atomic E-state index is 13.1. The number of nitrogens with zero attached hydrogens (tertiary/aromatic N) is 2. The maximum absolute atomic E-state index is 13.1. The van der Waals surface area contributed by atoms with Crippen LogP contribution in [-0.2, 0) is 10.0 Å². The van der Waals surface area contributed by atoms with Gasteiger partial charge < -0.3 is 10.1 Å². The molecule has 3 rings (SSSR count). The molecule has 164 valence electrons. The highest BCUT2D eigenvalue weighted by molar-refractivity contribution is 7.89. The van der Waals surface area contributed by atoms with E-state index in [0.717, 1.165) is 42.6 Å². The van der Waals surface area contributed by atoms with Gasteiger partial charge >= 0.3 is 6.36 Å². The summed E-state index contributed by atoms with van der Waals surface area (Å²) in [5, 5.41) is 6.10. The van der Waals surface area contributed by atoms with Crippen molar-refractivity contribution >= 4 is 33.2 Å². The van der Waals surface area contributed by atoms with Gasteiger partial charge in [0.25, 0.3) is 15.9 Å². The summed E-state index contributed by atoms with van der Waals surface area (Å²) in [6, 6.07) is 6.77. The first kappa shape index (κ1) is 22.6. The molecule has 3 aromatic rings. The summed E-state index contributed by atoms with van der Waals surface area (Å²) < 4.78 is 79.5. The van der Waals surface area contributed by atoms with E-state index in [0.29, 0.717) is 4.09 Å². The molecule has 0 bridgehead atoms. The summed E-state index contributed by atoms with van der Waals surface area (Å²) in [6.07, 6.45) is -3.86. The molecule has 0 aliphatic heterocycles. The predicted octanol–water partition coefficient (Wildman–Crippen LogP) is 4.37. The maximum Gasteiger partial charge on any atom is 0.573 e. The van der Waals surface area contributed by atoms with Gasteiger partial charge in [0.2, 0.25) is 0 Å². The quantitative estimate of drug-likeness (QED) is 0.551. The van der Waals surface area contributed by atoms with Crippen LogP contribution in [0, 0.1) is 12.7 Å². The monoisotopic (exact) mass is 477 g/mol. The van der Waals surface area contributed by atoms with Crippen molar-refractivity contribution in [1.82, 2.24) is 9.19 Å². The third kappa shape index (κ3) is 5.14. The van der Waals surface area contributed by atoms with E-state index in [1.807, 2.05) is 0 Å². The van der Waals surface area contributed by atoms with Crippen LogP contribution in [-0.4, -0.2) is 29.9 Å². The van der Waals surface area contributed by atoms with Gasteiger partial charge in [0.05, 0.1) is 15.6 Å². The molecule has 0 saturated heterocycles. The molecule has 1 heterocycles. The number of carbonyl (C=O) groups is 1. The molecule has 0 saturated carbocycles. The molecule has 1 aromatic heterocycles. The summed E-state index contributed by atoms with van der Waals surface area (Å²) in [5.74, 6) is -2.01. The van der Waals surface area contributed by atoms with Gasteiger partial charge in [-0.05, 0) is 49.4 Å². The molecule has 7 nitrogen and oxygen atoms in total. The van der Waals surface area contributed by atoms with Gasteiger partial charge in [-0.2, -0.15) is 17.6 Å². The number of aryl methyl sites for hydroxylation is 1. The topological polar surface area (TPSA) is 90.3 Å². The molecule has 1 N–H and O–H groups in total. The van der Waals surface area contributed by atoms with Crippen LogP contribution in [0.15, 0.2) is 53.6 Å². The molecular formula is C18H12ClF4N3O4S. The molecule has 2 aromatic carbocycles. The minimum absolute atomic E-state index is 0.0702. The largest absolute Gasteiger partial charge is 0.573 e. The molecule has 0 spiro atoms. The van der Waals surface area contributed by atoms with Crippen molar-refractivity contribution in [3.8, 4) is 5.75 Å². The molecule has 13 heteroatoms. The van der Waals surface area contributed by atoms with E-state index in [1.54, 1.807) is 0 Å². The Labute approximate surface area is 178 Å². The molecule has 0 atom stereocenters. The summed E-state index contributed by atoms with van der Waals surface area (Å²) in [6.45, 7) is 1.43. The van der Waals surface area contributed by atoms with Gasteiger partial charge in [-0.25, -0.2) is 4.39 Å². The van der Waals surface area contributed by atoms with E-state index in [2.05, 4.69) is 15.2 Å². The average Bonchev–Trinajstić information content (AvgIpc) is 3.06. The molecule has 0 radical (unpaired) electrons. The number of alkyl halides is 3. The van der Waals surface area contributed by atoms with Crippen molar-refractivity contribution in [3.05, 3.63) is 70.8 Å². The van der Waals surface area contributed by atoms with Gasteiger partial charge in [0.15, 0.2) is 5.69 Å². The van der Waals surface area contributed by atoms with Gasteiger partial charge in [-0.3, -0.25) is 4.79 Å². The second-order valence-corrected chi connectivity index (χ2v) is 8.34. The number of aromatic nitrogens is 2. The Morgan fingerprint density at radius 3 is 2.39 bits per heavy atom. The third-order valence-electron chi connectivity index (χ3n) is 3.87. The van der Waals surface area contributed by atoms with Gasteiger partial charge in [0, 0.05) is 11.8 Å². The third-order valence-corrected chi connectivity index (χ3v) is 5.73. The summed E-state index contributed by atoms with van der Waals surface area (Å²) in [5.41, 5.74) is 0.0300. The number of hydrogen-bond donors (Lipinski definition) is 1. The Kier molecular flexibility index (Phi) is 5.96. The highest BCUT2D eigenvalue weighted by Gasteiger charge is 2.31. The first-order valence-electron chi connectivity index (χ1n) is 8.31. The summed E-state index contributed by atoms with van der Waals surface area (Å²) in [4.78, 5) is 12.1. The van der Waals surface area contributed by atoms with E-state index in [9.17, 15) is 30.8 Å². The van der Waals surface area contributed by atoms with Crippen LogP contribution < -0.4 is 10.1 Å². The zero-order chi connectivity index (χ0) is 23.0. The normalized spacial score (nSPS) is 11.9. The number of carbonyl (C=O) groups excluding carboxylic acids is 1. The number of halogens is 5. The lowest BCUT2D eigenvalue weighted by atomic mass is 10.2. The van der Waals surface area contributed by atoms with E-state index in [1.165, 1.54) is 13.0 Å². The molecule has 0 aliphatic carbocycles. The van der Waals surface area contributed by atoms with Gasteiger partial charge in [-0.1, -0.05) is 11.6 Å². The summed E-state index contributed by atoms with van der Waals surface area (Å²) in [7, 11) is -4.31. The predicted molar refractivity (Wildman–Crippen MR) is 102 cm³/mol. The van der Waals surface area contributed by atoms with Crippen molar-refractivity contribution < 1.29 is 35.5 Å². The highest BCUT2D eigenvalue weighted by Crippen LogP contribution is 2.26. The van der Waals surface area contributed by atoms with Crippen LogP contribution >= 0.6 is 11.6 Å². The highest BCUT2D eigenvalue weighted by atomic mass is 35.5. The number of anilines is 1. The van der Waals surface area contributed by atoms with Crippen LogP contribution in [0.25, 0.3) is 0 Å². The number of amides is 1. The van der Waals surface area contributed by atoms with E-state index < -0.39 is 33.9 Å². The minimum atomic E-state index is -4.92. The number of ether oxygens (including phenoxy) is 1. The van der Waals surface area contributed by atoms with Crippen LogP contribution in [0.1, 0.15) is 16.1 Å². The second kappa shape index (κ2) is 8.19. The Balaban J connectivity index is 1.85. The smallest absolute Gasteiger partial charge is 0.406 e. The zero-order valence-electron chi connectivity index (χ0n) is 15.4. The lowest BCUT2D eigenvalue weighted by Gasteiger charge is -2.09. The molecule has 1 amide bonds. The lowest BCUT2D eigenvalue weighted by molar-refractivity contribution is -0.274. The number of nitrogens with one attached hydrogen (secondary N) is 1. The molecular weight excluding hydrogens is 466 g/mol. The molecule has 0 fully saturated rings. The number of benzene rings is 2. The minimum Gasteiger partial charge on any atom is -0.406 e. The first-order valence-corrected chi connectivity index (χ1v) is 10.1. The Morgan fingerprint density at radius 2 is 1.81 bits per heavy atom. The first-order chi connectivity index (χ1) is 14.4. The van der Waals surface area contributed by atoms with Gasteiger partial charge in [-0.15, -0.1) is 13.2 Å². The van der Waals surface area contributed by atoms with E-state index in [4.69, 9.17) is 11.6 Å². The number of rotatable bonds is 5. The Morgan fingerprint density at radius 1 is 1.16 bits per heavy atom. The van der Waals surface area contributed by atoms with Crippen LogP contribution in [0.4, 0.5) is 23.2 Å². The van der Waals surface area contributed by atoms with Crippen molar-refractivity contribution in [1.29, 1.82) is 0 Å². The fourth-order valence-electron chi connectivity index (χ4n) is 2.47. The van der Waals surface area contributed by atoms with Gasteiger partial charge in [0.1, 0.15) is 11.6 Å². The zero-order valence-corrected chi connectivity index (χ0v) is 17.0. The SMILES string of the molecule is Cc1cn(S(=O)(=O)c2ccc(OC(F)(F)F)cc2)nc1C(=O)Nc1ccc(F)cc1Cl. The van der Waals surface area contributed by atoms with Crippen molar-refractivity contribution in [2.45, 2.75) is 18.2 Å². The molecule has 31 heavy (non-hydrogen) atoms. The van der Waals surface area contributed by atoms with E-state index >= 15 is 0 Å². The number of hydrogen-bond acceptors (Lipinski definition) is 5. The van der Waals surface area contributed by atoms with Crippen LogP contribution in [0.3, 0.4) is 0 Å². The lowest BCUT2D eigenvalue weighted by Crippen LogP contribution is -2.18. The van der Waals surface area contributed by atoms with Crippen molar-refractivity contribution in [3.63, 3.8) is 0 Å². The molecule has 0 unspecified atom stereocenters. The van der Waals surface area contributed by atoms with Crippen LogP contribution in [0.5, 0.6) is 5.75 Å². The Hall–Kier alpha value is -3.12. The molecule has 0 aliphatic rings. The summed E-state index contributed by atoms with van der Waals surface area (Å²) >= 11 is 5.85. The van der Waals surface area contributed by atoms with Crippen molar-refractivity contribution in [2.75, 3.05) is 5.32 Å². The second-order valence-electron chi connectivity index (χ2n) is 6.14. The fourth-order valence-corrected chi connectivity index (χ4v) is 3.87. The fraction of sp³-hybridized carbons (Fsp3) is 0.111. The van der Waals surface area contributed by atoms with Crippen molar-refractivity contribution in [2.24, 2.45) is 0 Å². The average molecular weight is 478 g/mol. The van der Waals surface area contributed by atoms with Crippen LogP contribution in [0.2, 0.25) is 5.02 Å². The van der Waals surface area contributed by atoms with E-state index in [-0.39, 0.29) is 26.9 Å². The standard InChI is InChI=1S/C18H12ClF4N3O4S/c1-10-9-26(25-16(10)17(27)24-15-7-2-11(20)8-14(15)19)31(28,29)13-5-3-12(4-6-13)30-18(21,22)23/h2-9H,1H3,(H,24,27). The Bertz CT molecular complexity index is 1240.